The van der Waals surface area contributed by atoms with E-state index in [0.29, 0.717) is 18.4 Å². The molecule has 1 fully saturated rings. The molecule has 6 nitrogen and oxygen atoms in total. The Labute approximate surface area is 224 Å². The molecule has 0 aromatic heterocycles. The first-order valence-corrected chi connectivity index (χ1v) is 13.9. The van der Waals surface area contributed by atoms with Gasteiger partial charge in [0.1, 0.15) is 17.7 Å². The molecule has 2 unspecified atom stereocenters. The predicted octanol–water partition coefficient (Wildman–Crippen LogP) is 6.97. The maximum absolute atomic E-state index is 14.5. The van der Waals surface area contributed by atoms with Crippen molar-refractivity contribution >= 4 is 15.7 Å². The monoisotopic (exact) mass is 540 g/mol. The molecule has 3 rings (SSSR count). The van der Waals surface area contributed by atoms with E-state index < -0.39 is 32.5 Å². The average Bonchev–Trinajstić information content (AvgIpc) is 3.10. The van der Waals surface area contributed by atoms with Crippen LogP contribution in [0.2, 0.25) is 0 Å². The van der Waals surface area contributed by atoms with Crippen LogP contribution in [0.15, 0.2) is 75.8 Å². The molecule has 1 saturated carbocycles. The number of halogens is 2. The minimum absolute atomic E-state index is 0.00544. The van der Waals surface area contributed by atoms with E-state index in [1.165, 1.54) is 41.7 Å². The van der Waals surface area contributed by atoms with Gasteiger partial charge < -0.3 is 0 Å². The first-order chi connectivity index (χ1) is 17.8. The summed E-state index contributed by atoms with van der Waals surface area (Å²) in [6.07, 6.45) is 2.99. The van der Waals surface area contributed by atoms with Crippen molar-refractivity contribution in [2.45, 2.75) is 45.4 Å². The quantitative estimate of drug-likeness (QED) is 0.254. The van der Waals surface area contributed by atoms with Crippen LogP contribution in [0.1, 0.15) is 51.7 Å². The number of allylic oxidation sites excluding steroid dienone is 2. The van der Waals surface area contributed by atoms with E-state index in [-0.39, 0.29) is 40.7 Å². The number of sulfonamides is 1. The van der Waals surface area contributed by atoms with E-state index in [4.69, 9.17) is 0 Å². The summed E-state index contributed by atoms with van der Waals surface area (Å²) in [4.78, 5) is -0.00544. The first kappa shape index (κ1) is 29.3. The van der Waals surface area contributed by atoms with E-state index >= 15 is 0 Å². The Morgan fingerprint density at radius 3 is 2.39 bits per heavy atom. The molecular formula is C29H34F2N4O2S. The largest absolute Gasteiger partial charge is 0.244 e. The molecule has 0 aliphatic heterocycles. The Morgan fingerprint density at radius 2 is 1.82 bits per heavy atom. The zero-order valence-electron chi connectivity index (χ0n) is 22.5. The second kappa shape index (κ2) is 11.3. The highest BCUT2D eigenvalue weighted by Crippen LogP contribution is 2.58. The molecular weight excluding hydrogens is 506 g/mol. The van der Waals surface area contributed by atoms with Crippen LogP contribution in [0.5, 0.6) is 0 Å². The van der Waals surface area contributed by atoms with E-state index in [2.05, 4.69) is 37.6 Å². The Hall–Kier alpha value is -3.22. The Bertz CT molecular complexity index is 1410. The van der Waals surface area contributed by atoms with Crippen molar-refractivity contribution in [2.24, 2.45) is 27.0 Å². The molecule has 0 spiro atoms. The van der Waals surface area contributed by atoms with Crippen LogP contribution in [0.25, 0.3) is 5.70 Å². The standard InChI is InChI=1S/C29H34F2N4O2S/c1-7-35(38(36,37)26-14-9-8-11-21(26)18-32)19-29(5)16-15-22(28(29,3)4)20(2)17-25(34-33-6)27-23(30)12-10-13-24(27)31/h8-14,17,22H,2,7,15-16,19H2,1,3-6H3/b25-17-,34-33-. The molecule has 2 aromatic carbocycles. The SMILES string of the molecule is C=C(/C=C(\N=N/C)c1c(F)cccc1F)C1CCC(C)(CN(CC)S(=O)(=O)c2ccccc2C#N)C1(C)C. The molecule has 2 atom stereocenters. The summed E-state index contributed by atoms with van der Waals surface area (Å²) < 4.78 is 57.7. The number of azo groups is 1. The molecule has 9 heteroatoms. The number of hydrogen-bond donors (Lipinski definition) is 0. The summed E-state index contributed by atoms with van der Waals surface area (Å²) in [7, 11) is -2.49. The Kier molecular flexibility index (Phi) is 8.69. The van der Waals surface area contributed by atoms with Crippen LogP contribution >= 0.6 is 0 Å². The summed E-state index contributed by atoms with van der Waals surface area (Å²) in [5, 5.41) is 17.2. The molecule has 38 heavy (non-hydrogen) atoms. The van der Waals surface area contributed by atoms with Gasteiger partial charge >= 0.3 is 0 Å². The van der Waals surface area contributed by atoms with Crippen LogP contribution in [0.3, 0.4) is 0 Å². The van der Waals surface area contributed by atoms with E-state index in [1.54, 1.807) is 25.1 Å². The smallest absolute Gasteiger partial charge is 0.207 e. The molecule has 0 N–H and O–H groups in total. The van der Waals surface area contributed by atoms with Crippen molar-refractivity contribution < 1.29 is 17.2 Å². The number of nitrogens with zero attached hydrogens (tertiary/aromatic N) is 4. The van der Waals surface area contributed by atoms with Gasteiger partial charge in [-0.3, -0.25) is 0 Å². The van der Waals surface area contributed by atoms with Gasteiger partial charge in [-0.05, 0) is 65.5 Å². The van der Waals surface area contributed by atoms with Gasteiger partial charge in [0.2, 0.25) is 10.0 Å². The van der Waals surface area contributed by atoms with Crippen molar-refractivity contribution in [3.63, 3.8) is 0 Å². The van der Waals surface area contributed by atoms with Gasteiger partial charge in [0, 0.05) is 20.1 Å². The molecule has 202 valence electrons. The van der Waals surface area contributed by atoms with Gasteiger partial charge in [-0.2, -0.15) is 19.8 Å². The Balaban J connectivity index is 1.95. The fraction of sp³-hybridized carbons (Fsp3) is 0.414. The van der Waals surface area contributed by atoms with E-state index in [0.717, 1.165) is 0 Å². The lowest BCUT2D eigenvalue weighted by Crippen LogP contribution is -2.46. The summed E-state index contributed by atoms with van der Waals surface area (Å²) in [5.41, 5.74) is -0.351. The second-order valence-corrected chi connectivity index (χ2v) is 12.3. The van der Waals surface area contributed by atoms with Crippen LogP contribution in [0.4, 0.5) is 8.78 Å². The topological polar surface area (TPSA) is 85.9 Å². The minimum atomic E-state index is -3.91. The van der Waals surface area contributed by atoms with Crippen LogP contribution in [0, 0.1) is 39.7 Å². The van der Waals surface area contributed by atoms with E-state index in [1.807, 2.05) is 6.07 Å². The zero-order chi connectivity index (χ0) is 28.3. The summed E-state index contributed by atoms with van der Waals surface area (Å²) in [6, 6.07) is 11.8. The molecule has 0 radical (unpaired) electrons. The van der Waals surface area contributed by atoms with Crippen LogP contribution in [-0.2, 0) is 10.0 Å². The van der Waals surface area contributed by atoms with Gasteiger partial charge in [-0.25, -0.2) is 17.2 Å². The number of benzene rings is 2. The zero-order valence-corrected chi connectivity index (χ0v) is 23.3. The summed E-state index contributed by atoms with van der Waals surface area (Å²) >= 11 is 0. The average molecular weight is 541 g/mol. The lowest BCUT2D eigenvalue weighted by Gasteiger charge is -2.44. The normalized spacial score (nSPS) is 21.7. The third-order valence-electron chi connectivity index (χ3n) is 8.11. The minimum Gasteiger partial charge on any atom is -0.207 e. The summed E-state index contributed by atoms with van der Waals surface area (Å²) in [6.45, 7) is 12.7. The molecule has 1 aliphatic carbocycles. The highest BCUT2D eigenvalue weighted by atomic mass is 32.2. The van der Waals surface area contributed by atoms with Crippen molar-refractivity contribution in [1.29, 1.82) is 5.26 Å². The second-order valence-electron chi connectivity index (χ2n) is 10.4. The van der Waals surface area contributed by atoms with E-state index in [9.17, 15) is 22.5 Å². The fourth-order valence-electron chi connectivity index (χ4n) is 5.45. The van der Waals surface area contributed by atoms with Gasteiger partial charge in [-0.15, -0.1) is 0 Å². The van der Waals surface area contributed by atoms with Gasteiger partial charge in [0.05, 0.1) is 21.7 Å². The van der Waals surface area contributed by atoms with Crippen LogP contribution < -0.4 is 0 Å². The molecule has 1 aliphatic rings. The lowest BCUT2D eigenvalue weighted by molar-refractivity contribution is 0.0803. The first-order valence-electron chi connectivity index (χ1n) is 12.5. The van der Waals surface area contributed by atoms with Crippen molar-refractivity contribution in [1.82, 2.24) is 4.31 Å². The highest BCUT2D eigenvalue weighted by Gasteiger charge is 2.53. The van der Waals surface area contributed by atoms with Crippen LogP contribution in [-0.4, -0.2) is 32.9 Å². The maximum Gasteiger partial charge on any atom is 0.244 e. The maximum atomic E-state index is 14.5. The molecule has 2 aromatic rings. The molecule has 0 amide bonds. The molecule has 0 bridgehead atoms. The number of nitriles is 1. The van der Waals surface area contributed by atoms with Crippen molar-refractivity contribution in [3.8, 4) is 6.07 Å². The summed E-state index contributed by atoms with van der Waals surface area (Å²) in [5.74, 6) is -1.58. The third-order valence-corrected chi connectivity index (χ3v) is 10.1. The lowest BCUT2D eigenvalue weighted by atomic mass is 9.64. The Morgan fingerprint density at radius 1 is 1.18 bits per heavy atom. The highest BCUT2D eigenvalue weighted by molar-refractivity contribution is 7.89. The van der Waals surface area contributed by atoms with Crippen molar-refractivity contribution in [2.75, 3.05) is 20.1 Å². The van der Waals surface area contributed by atoms with Gasteiger partial charge in [0.25, 0.3) is 0 Å². The van der Waals surface area contributed by atoms with Gasteiger partial charge in [-0.1, -0.05) is 52.5 Å². The predicted molar refractivity (Wildman–Crippen MR) is 144 cm³/mol. The molecule has 0 saturated heterocycles. The van der Waals surface area contributed by atoms with Gasteiger partial charge in [0.15, 0.2) is 0 Å². The number of rotatable bonds is 9. The number of hydrogen-bond acceptors (Lipinski definition) is 5. The molecule has 0 heterocycles. The third kappa shape index (κ3) is 5.33. The fourth-order valence-corrected chi connectivity index (χ4v) is 7.17. The van der Waals surface area contributed by atoms with Crippen molar-refractivity contribution in [3.05, 3.63) is 83.5 Å².